The van der Waals surface area contributed by atoms with Crippen molar-refractivity contribution in [2.24, 2.45) is 0 Å². The number of hydrogen-bond acceptors (Lipinski definition) is 10. The van der Waals surface area contributed by atoms with Gasteiger partial charge in [-0.2, -0.15) is 0 Å². The second-order valence-electron chi connectivity index (χ2n) is 9.40. The first-order chi connectivity index (χ1) is 15.7. The molecular weight excluding hydrogens is 581 g/mol. The van der Waals surface area contributed by atoms with E-state index < -0.39 is 59.7 Å². The van der Waals surface area contributed by atoms with Gasteiger partial charge in [0.15, 0.2) is 8.32 Å². The van der Waals surface area contributed by atoms with E-state index in [9.17, 15) is 19.0 Å². The summed E-state index contributed by atoms with van der Waals surface area (Å²) in [6.07, 6.45) is -1.00. The van der Waals surface area contributed by atoms with Crippen LogP contribution in [0.5, 0.6) is 0 Å². The highest BCUT2D eigenvalue weighted by atomic mass is 32.5. The first-order valence-corrected chi connectivity index (χ1v) is 19.5. The van der Waals surface area contributed by atoms with Gasteiger partial charge in [0.2, 0.25) is 11.8 Å². The number of phosphoric acid groups is 1. The van der Waals surface area contributed by atoms with E-state index in [-0.39, 0.29) is 18.1 Å². The number of rotatable bonds is 10. The van der Waals surface area contributed by atoms with Crippen LogP contribution >= 0.6 is 21.7 Å². The summed E-state index contributed by atoms with van der Waals surface area (Å²) in [5, 5.41) is -0.0999. The molecule has 2 heterocycles. The topological polar surface area (TPSA) is 179 Å². The molecule has 0 saturated carbocycles. The molecule has 0 spiro atoms. The Morgan fingerprint density at radius 3 is 2.46 bits per heavy atom. The van der Waals surface area contributed by atoms with Gasteiger partial charge in [0.05, 0.1) is 6.61 Å². The first-order valence-electron chi connectivity index (χ1n) is 10.3. The zero-order valence-electron chi connectivity index (χ0n) is 19.9. The van der Waals surface area contributed by atoms with E-state index in [1.165, 1.54) is 17.7 Å². The van der Waals surface area contributed by atoms with Crippen LogP contribution in [0.3, 0.4) is 0 Å². The maximum Gasteiger partial charge on any atom is 0.533 e. The zero-order valence-corrected chi connectivity index (χ0v) is 25.3. The third kappa shape index (κ3) is 9.04. The van der Waals surface area contributed by atoms with Crippen LogP contribution in [-0.4, -0.2) is 51.4 Å². The van der Waals surface area contributed by atoms with Crippen LogP contribution in [0.15, 0.2) is 15.8 Å². The molecule has 1 aromatic heterocycles. The Kier molecular flexibility index (Phi) is 10.1. The van der Waals surface area contributed by atoms with Crippen molar-refractivity contribution >= 4 is 53.6 Å². The van der Waals surface area contributed by atoms with Crippen LogP contribution in [0.4, 0.5) is 0 Å². The van der Waals surface area contributed by atoms with Crippen molar-refractivity contribution in [2.75, 3.05) is 6.61 Å². The van der Waals surface area contributed by atoms with E-state index in [1.54, 1.807) is 0 Å². The lowest BCUT2D eigenvalue weighted by Crippen LogP contribution is -2.44. The van der Waals surface area contributed by atoms with Crippen LogP contribution in [0.1, 0.15) is 39.0 Å². The van der Waals surface area contributed by atoms with E-state index in [0.29, 0.717) is 5.56 Å². The second-order valence-corrected chi connectivity index (χ2v) is 20.4. The Morgan fingerprint density at radius 2 is 1.91 bits per heavy atom. The van der Waals surface area contributed by atoms with Gasteiger partial charge in [-0.15, -0.1) is 4.52 Å². The molecule has 19 heteroatoms. The van der Waals surface area contributed by atoms with Gasteiger partial charge in [0, 0.05) is 18.2 Å². The van der Waals surface area contributed by atoms with Crippen molar-refractivity contribution in [2.45, 2.75) is 70.7 Å². The van der Waals surface area contributed by atoms with Gasteiger partial charge >= 0.3 is 27.4 Å². The molecule has 4 N–H and O–H groups in total. The maximum atomic E-state index is 12.4. The molecule has 0 radical (unpaired) electrons. The third-order valence-corrected chi connectivity index (χ3v) is 15.1. The van der Waals surface area contributed by atoms with Crippen LogP contribution < -0.4 is 11.2 Å². The van der Waals surface area contributed by atoms with E-state index in [4.69, 9.17) is 39.6 Å². The molecule has 35 heavy (non-hydrogen) atoms. The predicted octanol–water partition coefficient (Wildman–Crippen LogP) is 2.66. The number of nitrogens with one attached hydrogen (secondary N) is 1. The highest BCUT2D eigenvalue weighted by Gasteiger charge is 2.47. The largest absolute Gasteiger partial charge is 0.533 e. The fourth-order valence-electron chi connectivity index (χ4n) is 2.80. The highest BCUT2D eigenvalue weighted by molar-refractivity contribution is 8.08. The second kappa shape index (κ2) is 11.4. The Morgan fingerprint density at radius 1 is 1.31 bits per heavy atom. The van der Waals surface area contributed by atoms with Crippen molar-refractivity contribution in [1.82, 2.24) is 9.55 Å². The van der Waals surface area contributed by atoms with Crippen LogP contribution in [0.2, 0.25) is 18.1 Å². The predicted molar refractivity (Wildman–Crippen MR) is 138 cm³/mol. The molecule has 1 aliphatic rings. The molecule has 13 nitrogen and oxygen atoms in total. The lowest BCUT2D eigenvalue weighted by molar-refractivity contribution is -0.0388. The summed E-state index contributed by atoms with van der Waals surface area (Å²) < 4.78 is 39.9. The summed E-state index contributed by atoms with van der Waals surface area (Å²) >= 11 is 9.20. The van der Waals surface area contributed by atoms with Gasteiger partial charge in [0.25, 0.3) is 5.56 Å². The monoisotopic (exact) mass is 611 g/mol. The van der Waals surface area contributed by atoms with Gasteiger partial charge in [-0.25, -0.2) is 13.7 Å². The van der Waals surface area contributed by atoms with E-state index >= 15 is 0 Å². The van der Waals surface area contributed by atoms with E-state index in [1.807, 2.05) is 13.1 Å². The van der Waals surface area contributed by atoms with Crippen LogP contribution in [-0.2, 0) is 50.5 Å². The number of aromatic nitrogens is 2. The molecule has 1 aromatic rings. The number of nitrogens with zero attached hydrogens (tertiary/aromatic N) is 1. The number of hydrogen-bond donors (Lipinski definition) is 4. The molecule has 1 aliphatic heterocycles. The summed E-state index contributed by atoms with van der Waals surface area (Å²) in [5.74, 6) is 0. The Bertz CT molecular complexity index is 1160. The maximum absolute atomic E-state index is 12.4. The van der Waals surface area contributed by atoms with Gasteiger partial charge < -0.3 is 18.9 Å². The molecule has 5 atom stereocenters. The molecule has 200 valence electrons. The molecule has 2 rings (SSSR count). The smallest absolute Gasteiger partial charge is 0.414 e. The van der Waals surface area contributed by atoms with E-state index in [0.717, 1.165) is 0 Å². The fourth-order valence-corrected chi connectivity index (χ4v) is 8.40. The number of ether oxygens (including phenoxy) is 1. The van der Waals surface area contributed by atoms with Crippen molar-refractivity contribution in [3.8, 4) is 0 Å². The molecule has 0 amide bonds. The highest BCUT2D eigenvalue weighted by Crippen LogP contribution is 2.62. The average molecular weight is 612 g/mol. The Labute approximate surface area is 214 Å². The van der Waals surface area contributed by atoms with Crippen molar-refractivity contribution in [3.63, 3.8) is 0 Å². The number of H-pyrrole nitrogens is 1. The summed E-state index contributed by atoms with van der Waals surface area (Å²) in [6, 6.07) is 0. The normalized spacial score (nSPS) is 23.8. The SMILES string of the molecule is Cc1cn([C@H]2C[C@H](O[P+](=S)OP(=O)(O)OP(O)(O)=S)[C@@H](CO[Si](C)(C)C(C)(C)C)O2)c(=O)[nH]c1=O. The van der Waals surface area contributed by atoms with Gasteiger partial charge in [-0.05, 0) is 41.2 Å². The third-order valence-electron chi connectivity index (χ3n) is 5.65. The molecule has 2 unspecified atom stereocenters. The minimum absolute atomic E-state index is 0.0737. The quantitative estimate of drug-likeness (QED) is 0.224. The number of aromatic amines is 1. The Balaban J connectivity index is 2.25. The standard InChI is InChI=1S/C16H29N2O11P3S2Si/c1-10-8-18(15(20)17-14(10)19)13-7-11(12(26-13)9-25-35(5,6)16(2,3)4)27-30(33)28-31(21,22)29-32(23,24)34/h8,11-13H,7,9H2,1-6H3,(H3-,17,19,20,21,22,23,24,34)/p+1/t11-,12+,13+/m0/s1. The molecular formula is C16H30N2O11P3S2Si+. The van der Waals surface area contributed by atoms with Crippen molar-refractivity contribution < 1.29 is 41.6 Å². The molecule has 1 fully saturated rings. The van der Waals surface area contributed by atoms with Gasteiger partial charge in [-0.1, -0.05) is 20.8 Å². The van der Waals surface area contributed by atoms with Gasteiger partial charge in [0.1, 0.15) is 18.4 Å². The zero-order chi connectivity index (χ0) is 27.0. The average Bonchev–Trinajstić information content (AvgIpc) is 3.01. The molecule has 0 aromatic carbocycles. The van der Waals surface area contributed by atoms with Gasteiger partial charge in [-0.3, -0.25) is 19.2 Å². The summed E-state index contributed by atoms with van der Waals surface area (Å²) in [7, 11) is -9.73. The van der Waals surface area contributed by atoms with Crippen molar-refractivity contribution in [3.05, 3.63) is 32.6 Å². The molecule has 0 bridgehead atoms. The minimum atomic E-state index is -5.02. The molecule has 0 aliphatic carbocycles. The van der Waals surface area contributed by atoms with Crippen LogP contribution in [0, 0.1) is 6.92 Å². The summed E-state index contributed by atoms with van der Waals surface area (Å²) in [6.45, 7) is 7.39. The minimum Gasteiger partial charge on any atom is -0.414 e. The Hall–Kier alpha value is -0.0231. The summed E-state index contributed by atoms with van der Waals surface area (Å²) in [5.41, 5.74) is -0.913. The van der Waals surface area contributed by atoms with E-state index in [2.05, 4.69) is 41.9 Å². The first kappa shape index (κ1) is 31.2. The number of aryl methyl sites for hydroxylation is 1. The fraction of sp³-hybridized carbons (Fsp3) is 0.750. The lowest BCUT2D eigenvalue weighted by Gasteiger charge is -2.37. The van der Waals surface area contributed by atoms with Crippen molar-refractivity contribution in [1.29, 1.82) is 0 Å². The molecule has 1 saturated heterocycles. The summed E-state index contributed by atoms with van der Waals surface area (Å²) in [4.78, 5) is 54.2. The van der Waals surface area contributed by atoms with Crippen LogP contribution in [0.25, 0.3) is 0 Å². The lowest BCUT2D eigenvalue weighted by atomic mass is 10.2.